The van der Waals surface area contributed by atoms with Gasteiger partial charge in [0.05, 0.1) is 0 Å². The summed E-state index contributed by atoms with van der Waals surface area (Å²) >= 11 is 4.00. The van der Waals surface area contributed by atoms with Gasteiger partial charge in [-0.3, -0.25) is 4.79 Å². The number of primary amides is 1. The van der Waals surface area contributed by atoms with Crippen molar-refractivity contribution in [3.8, 4) is 0 Å². The van der Waals surface area contributed by atoms with E-state index in [9.17, 15) is 9.59 Å². The smallest absolute Gasteiger partial charge is 0.405 e. The van der Waals surface area contributed by atoms with Gasteiger partial charge in [-0.1, -0.05) is 51.2 Å². The van der Waals surface area contributed by atoms with Crippen LogP contribution < -0.4 is 5.73 Å². The fourth-order valence-corrected chi connectivity index (χ4v) is 1.75. The predicted molar refractivity (Wildman–Crippen MR) is 109 cm³/mol. The van der Waals surface area contributed by atoms with Crippen LogP contribution in [0.5, 0.6) is 0 Å². The average Bonchev–Trinajstić information content (AvgIpc) is 2.47. The highest BCUT2D eigenvalue weighted by Crippen LogP contribution is 2.06. The molecular formula is C19H39NO4S. The number of unbranched alkanes of at least 4 members (excludes halogenated alkanes) is 5. The zero-order chi connectivity index (χ0) is 20.1. The van der Waals surface area contributed by atoms with Gasteiger partial charge in [0.1, 0.15) is 5.60 Å². The van der Waals surface area contributed by atoms with Crippen molar-refractivity contribution in [3.05, 3.63) is 12.2 Å². The van der Waals surface area contributed by atoms with Crippen molar-refractivity contribution >= 4 is 24.7 Å². The summed E-state index contributed by atoms with van der Waals surface area (Å²) in [5.74, 6) is 0.296. The lowest BCUT2D eigenvalue weighted by molar-refractivity contribution is -0.137. The van der Waals surface area contributed by atoms with E-state index in [1.165, 1.54) is 25.7 Å². The van der Waals surface area contributed by atoms with Crippen LogP contribution in [0.4, 0.5) is 4.79 Å². The summed E-state index contributed by atoms with van der Waals surface area (Å²) in [6.07, 6.45) is 11.8. The highest BCUT2D eigenvalue weighted by atomic mass is 32.1. The first-order valence-corrected chi connectivity index (χ1v) is 9.66. The highest BCUT2D eigenvalue weighted by Gasteiger charge is 2.12. The quantitative estimate of drug-likeness (QED) is 0.278. The molecule has 1 amide bonds. The molecule has 3 N–H and O–H groups in total. The third kappa shape index (κ3) is 45.0. The van der Waals surface area contributed by atoms with E-state index in [1.54, 1.807) is 20.8 Å². The number of allylic oxidation sites excluding steroid dienone is 2. The van der Waals surface area contributed by atoms with E-state index in [0.29, 0.717) is 6.42 Å². The van der Waals surface area contributed by atoms with E-state index in [4.69, 9.17) is 10.8 Å². The van der Waals surface area contributed by atoms with Gasteiger partial charge in [0.2, 0.25) is 0 Å². The van der Waals surface area contributed by atoms with Crippen molar-refractivity contribution in [1.82, 2.24) is 0 Å². The molecule has 0 heterocycles. The summed E-state index contributed by atoms with van der Waals surface area (Å²) in [6, 6.07) is 0. The number of carbonyl (C=O) groups is 2. The molecule has 6 heteroatoms. The lowest BCUT2D eigenvalue weighted by Gasteiger charge is -2.16. The van der Waals surface area contributed by atoms with E-state index in [-0.39, 0.29) is 0 Å². The van der Waals surface area contributed by atoms with Gasteiger partial charge < -0.3 is 15.6 Å². The van der Waals surface area contributed by atoms with E-state index in [0.717, 1.165) is 25.0 Å². The van der Waals surface area contributed by atoms with Crippen LogP contribution in [0.15, 0.2) is 12.2 Å². The fraction of sp³-hybridized carbons (Fsp3) is 0.789. The van der Waals surface area contributed by atoms with Crippen molar-refractivity contribution in [2.75, 3.05) is 5.75 Å². The van der Waals surface area contributed by atoms with Gasteiger partial charge >= 0.3 is 12.1 Å². The fourth-order valence-electron chi connectivity index (χ4n) is 1.60. The molecule has 0 radical (unpaired) electrons. The third-order valence-corrected chi connectivity index (χ3v) is 2.94. The summed E-state index contributed by atoms with van der Waals surface area (Å²) < 4.78 is 4.58. The molecule has 0 saturated heterocycles. The normalized spacial score (nSPS) is 10.3. The maximum Gasteiger partial charge on any atom is 0.405 e. The van der Waals surface area contributed by atoms with Gasteiger partial charge in [-0.15, -0.1) is 0 Å². The Morgan fingerprint density at radius 1 is 1.12 bits per heavy atom. The number of hydrogen-bond acceptors (Lipinski definition) is 4. The largest absolute Gasteiger partial charge is 0.481 e. The van der Waals surface area contributed by atoms with Crippen LogP contribution in [-0.2, 0) is 9.53 Å². The number of carboxylic acids is 1. The maximum atomic E-state index is 10.1. The number of carbonyl (C=O) groups excluding carboxylic acids is 1. The minimum absolute atomic E-state index is 0.339. The van der Waals surface area contributed by atoms with Gasteiger partial charge in [0.25, 0.3) is 0 Å². The van der Waals surface area contributed by atoms with Crippen molar-refractivity contribution in [1.29, 1.82) is 0 Å². The Hall–Kier alpha value is -1.17. The number of rotatable bonds is 9. The summed E-state index contributed by atoms with van der Waals surface area (Å²) in [5, 5.41) is 8.32. The number of ether oxygens (including phenoxy) is 1. The number of aliphatic carboxylic acids is 1. The van der Waals surface area contributed by atoms with Gasteiger partial charge in [-0.2, -0.15) is 12.6 Å². The first-order chi connectivity index (χ1) is 11.6. The topological polar surface area (TPSA) is 89.6 Å². The molecule has 0 aromatic rings. The average molecular weight is 378 g/mol. The molecular weight excluding hydrogens is 338 g/mol. The Balaban J connectivity index is -0.000000306. The minimum Gasteiger partial charge on any atom is -0.481 e. The summed E-state index contributed by atoms with van der Waals surface area (Å²) in [4.78, 5) is 20.1. The van der Waals surface area contributed by atoms with Crippen molar-refractivity contribution in [2.45, 2.75) is 91.6 Å². The van der Waals surface area contributed by atoms with Crippen molar-refractivity contribution in [3.63, 3.8) is 0 Å². The Bertz CT molecular complexity index is 339. The summed E-state index contributed by atoms with van der Waals surface area (Å²) in [5.41, 5.74) is 4.26. The second-order valence-corrected chi connectivity index (χ2v) is 6.97. The van der Waals surface area contributed by atoms with Crippen LogP contribution in [0.1, 0.15) is 86.0 Å². The third-order valence-electron chi connectivity index (χ3n) is 2.68. The van der Waals surface area contributed by atoms with Gasteiger partial charge in [0, 0.05) is 6.42 Å². The van der Waals surface area contributed by atoms with Crippen molar-refractivity contribution in [2.24, 2.45) is 5.73 Å². The Morgan fingerprint density at radius 2 is 1.64 bits per heavy atom. The molecule has 0 rings (SSSR count). The standard InChI is InChI=1S/C9H18O2.C5H11NO2.C5H10S/c1-2-3-4-5-6-7-8-9(10)11;1-5(2,3)8-4(6)7;1-2-3-4-5-6/h2-8H2,1H3,(H,10,11);1-3H3,(H2,6,7);2-3,6H,4-5H2,1H3/b;;3-2+. The second kappa shape index (κ2) is 20.9. The minimum atomic E-state index is -0.725. The highest BCUT2D eigenvalue weighted by molar-refractivity contribution is 7.80. The monoisotopic (exact) mass is 377 g/mol. The summed E-state index contributed by atoms with van der Waals surface area (Å²) in [7, 11) is 0. The van der Waals surface area contributed by atoms with E-state index < -0.39 is 17.7 Å². The lowest BCUT2D eigenvalue weighted by atomic mass is 10.1. The van der Waals surface area contributed by atoms with Gasteiger partial charge in [-0.25, -0.2) is 4.79 Å². The molecule has 0 bridgehead atoms. The van der Waals surface area contributed by atoms with E-state index in [2.05, 4.69) is 30.4 Å². The molecule has 0 unspecified atom stereocenters. The Labute approximate surface area is 159 Å². The molecule has 0 aliphatic rings. The second-order valence-electron chi connectivity index (χ2n) is 6.53. The number of hydrogen-bond donors (Lipinski definition) is 3. The molecule has 0 atom stereocenters. The molecule has 0 aromatic heterocycles. The molecule has 0 aromatic carbocycles. The van der Waals surface area contributed by atoms with Crippen LogP contribution in [-0.4, -0.2) is 28.5 Å². The Morgan fingerprint density at radius 3 is 1.92 bits per heavy atom. The van der Waals surface area contributed by atoms with E-state index in [1.807, 2.05) is 13.0 Å². The van der Waals surface area contributed by atoms with Gasteiger partial charge in [0.15, 0.2) is 0 Å². The zero-order valence-electron chi connectivity index (χ0n) is 16.7. The molecule has 0 aliphatic carbocycles. The van der Waals surface area contributed by atoms with Crippen LogP contribution in [0, 0.1) is 0 Å². The SMILES string of the molecule is C/C=C/CCS.CC(C)(C)OC(N)=O.CCCCCCCCC(=O)O. The van der Waals surface area contributed by atoms with Crippen molar-refractivity contribution < 1.29 is 19.4 Å². The molecule has 150 valence electrons. The molecule has 0 aliphatic heterocycles. The first kappa shape index (κ1) is 28.6. The Kier molecular flexibility index (Phi) is 23.9. The summed E-state index contributed by atoms with van der Waals surface area (Å²) in [6.45, 7) is 9.48. The van der Waals surface area contributed by atoms with Crippen LogP contribution in [0.3, 0.4) is 0 Å². The molecule has 5 nitrogen and oxygen atoms in total. The molecule has 0 spiro atoms. The maximum absolute atomic E-state index is 10.1. The predicted octanol–water partition coefficient (Wildman–Crippen LogP) is 5.58. The van der Waals surface area contributed by atoms with Gasteiger partial charge in [-0.05, 0) is 46.3 Å². The van der Waals surface area contributed by atoms with Crippen LogP contribution >= 0.6 is 12.6 Å². The zero-order valence-corrected chi connectivity index (χ0v) is 17.6. The first-order valence-electron chi connectivity index (χ1n) is 9.02. The lowest BCUT2D eigenvalue weighted by Crippen LogP contribution is -2.27. The van der Waals surface area contributed by atoms with Crippen LogP contribution in [0.2, 0.25) is 0 Å². The molecule has 0 saturated carbocycles. The number of carboxylic acid groups (broad SMARTS) is 1. The number of amides is 1. The number of thiol groups is 1. The molecule has 0 fully saturated rings. The molecule has 25 heavy (non-hydrogen) atoms. The number of nitrogens with two attached hydrogens (primary N) is 1. The van der Waals surface area contributed by atoms with Crippen LogP contribution in [0.25, 0.3) is 0 Å². The van der Waals surface area contributed by atoms with E-state index >= 15 is 0 Å².